The van der Waals surface area contributed by atoms with E-state index in [1.54, 1.807) is 12.1 Å². The Balaban J connectivity index is 2.18. The quantitative estimate of drug-likeness (QED) is 0.790. The fourth-order valence-corrected chi connectivity index (χ4v) is 2.56. The molecule has 2 aromatic rings. The van der Waals surface area contributed by atoms with Crippen LogP contribution in [0.1, 0.15) is 5.56 Å². The third-order valence-corrected chi connectivity index (χ3v) is 4.35. The van der Waals surface area contributed by atoms with Gasteiger partial charge < -0.3 is 10.4 Å². The molecule has 2 rings (SSSR count). The van der Waals surface area contributed by atoms with Crippen LogP contribution in [-0.4, -0.2) is 20.6 Å². The minimum Gasteiger partial charge on any atom is -0.508 e. The first-order valence-electron chi connectivity index (χ1n) is 6.17. The number of rotatable bonds is 5. The van der Waals surface area contributed by atoms with Crippen LogP contribution in [0.2, 0.25) is 0 Å². The zero-order valence-electron chi connectivity index (χ0n) is 11.3. The Kier molecular flexibility index (Phi) is 4.44. The molecule has 2 aromatic carbocycles. The highest BCUT2D eigenvalue weighted by atomic mass is 32.2. The SMILES string of the molecule is CNS(=O)(=O)c1cccc(NCc2cc(F)ccc2O)c1. The first-order chi connectivity index (χ1) is 9.92. The van der Waals surface area contributed by atoms with Gasteiger partial charge in [-0.1, -0.05) is 6.07 Å². The minimum atomic E-state index is -3.52. The zero-order valence-corrected chi connectivity index (χ0v) is 12.1. The fraction of sp³-hybridized carbons (Fsp3) is 0.143. The molecule has 0 unspecified atom stereocenters. The van der Waals surface area contributed by atoms with Gasteiger partial charge >= 0.3 is 0 Å². The van der Waals surface area contributed by atoms with Crippen LogP contribution in [-0.2, 0) is 16.6 Å². The van der Waals surface area contributed by atoms with Gasteiger partial charge in [0.1, 0.15) is 11.6 Å². The van der Waals surface area contributed by atoms with Crippen molar-refractivity contribution in [3.8, 4) is 5.75 Å². The molecule has 0 bridgehead atoms. The van der Waals surface area contributed by atoms with Crippen LogP contribution in [0.5, 0.6) is 5.75 Å². The van der Waals surface area contributed by atoms with Crippen LogP contribution in [0.15, 0.2) is 47.4 Å². The highest BCUT2D eigenvalue weighted by Gasteiger charge is 2.11. The van der Waals surface area contributed by atoms with Crippen LogP contribution in [0.4, 0.5) is 10.1 Å². The minimum absolute atomic E-state index is 0.0251. The smallest absolute Gasteiger partial charge is 0.240 e. The summed E-state index contributed by atoms with van der Waals surface area (Å²) < 4.78 is 38.7. The maximum absolute atomic E-state index is 13.1. The van der Waals surface area contributed by atoms with E-state index >= 15 is 0 Å². The maximum Gasteiger partial charge on any atom is 0.240 e. The molecule has 0 fully saturated rings. The van der Waals surface area contributed by atoms with Gasteiger partial charge in [0.2, 0.25) is 10.0 Å². The summed E-state index contributed by atoms with van der Waals surface area (Å²) >= 11 is 0. The summed E-state index contributed by atoms with van der Waals surface area (Å²) in [7, 11) is -2.18. The first-order valence-corrected chi connectivity index (χ1v) is 7.65. The Hall–Kier alpha value is -2.12. The standard InChI is InChI=1S/C14H15FN2O3S/c1-16-21(19,20)13-4-2-3-12(8-13)17-9-10-7-11(15)5-6-14(10)18/h2-8,16-18H,9H2,1H3. The molecule has 0 saturated heterocycles. The van der Waals surface area contributed by atoms with Crippen molar-refractivity contribution in [1.29, 1.82) is 0 Å². The molecule has 0 spiro atoms. The molecule has 0 aliphatic rings. The summed E-state index contributed by atoms with van der Waals surface area (Å²) in [4.78, 5) is 0.124. The molecule has 0 aliphatic carbocycles. The number of halogens is 1. The Morgan fingerprint density at radius 2 is 1.95 bits per heavy atom. The van der Waals surface area contributed by atoms with E-state index in [1.165, 1.54) is 37.4 Å². The molecule has 0 amide bonds. The van der Waals surface area contributed by atoms with Crippen LogP contribution >= 0.6 is 0 Å². The number of phenols is 1. The number of hydrogen-bond donors (Lipinski definition) is 3. The van der Waals surface area contributed by atoms with E-state index in [-0.39, 0.29) is 17.2 Å². The van der Waals surface area contributed by atoms with Gasteiger partial charge in [0, 0.05) is 17.8 Å². The lowest BCUT2D eigenvalue weighted by atomic mass is 10.2. The van der Waals surface area contributed by atoms with Crippen molar-refractivity contribution in [3.63, 3.8) is 0 Å². The molecule has 0 saturated carbocycles. The molecule has 112 valence electrons. The number of sulfonamides is 1. The van der Waals surface area contributed by atoms with Crippen LogP contribution in [0.3, 0.4) is 0 Å². The van der Waals surface area contributed by atoms with E-state index in [0.29, 0.717) is 11.3 Å². The Morgan fingerprint density at radius 1 is 1.19 bits per heavy atom. The Morgan fingerprint density at radius 3 is 2.67 bits per heavy atom. The van der Waals surface area contributed by atoms with E-state index in [4.69, 9.17) is 0 Å². The number of anilines is 1. The molecule has 0 aliphatic heterocycles. The summed E-state index contributed by atoms with van der Waals surface area (Å²) in [5.74, 6) is -0.473. The lowest BCUT2D eigenvalue weighted by molar-refractivity contribution is 0.466. The second-order valence-electron chi connectivity index (χ2n) is 4.36. The molecule has 7 heteroatoms. The normalized spacial score (nSPS) is 11.3. The third kappa shape index (κ3) is 3.71. The molecule has 0 aromatic heterocycles. The number of hydrogen-bond acceptors (Lipinski definition) is 4. The van der Waals surface area contributed by atoms with Crippen molar-refractivity contribution in [3.05, 3.63) is 53.8 Å². The fourth-order valence-electron chi connectivity index (χ4n) is 1.78. The van der Waals surface area contributed by atoms with Gasteiger partial charge in [-0.25, -0.2) is 17.5 Å². The maximum atomic E-state index is 13.1. The number of phenolic OH excluding ortho intramolecular Hbond substituents is 1. The van der Waals surface area contributed by atoms with Crippen LogP contribution < -0.4 is 10.0 Å². The van der Waals surface area contributed by atoms with Gasteiger partial charge in [-0.05, 0) is 43.4 Å². The second kappa shape index (κ2) is 6.11. The molecule has 0 radical (unpaired) electrons. The predicted octanol–water partition coefficient (Wildman–Crippen LogP) is 2.05. The lowest BCUT2D eigenvalue weighted by Crippen LogP contribution is -2.18. The number of benzene rings is 2. The molecular weight excluding hydrogens is 295 g/mol. The van der Waals surface area contributed by atoms with E-state index in [0.717, 1.165) is 0 Å². The third-order valence-electron chi connectivity index (χ3n) is 2.94. The van der Waals surface area contributed by atoms with Crippen molar-refractivity contribution >= 4 is 15.7 Å². The van der Waals surface area contributed by atoms with Gasteiger partial charge in [-0.3, -0.25) is 0 Å². The van der Waals surface area contributed by atoms with E-state index < -0.39 is 15.8 Å². The monoisotopic (exact) mass is 310 g/mol. The summed E-state index contributed by atoms with van der Waals surface area (Å²) in [6, 6.07) is 9.87. The average Bonchev–Trinajstić information content (AvgIpc) is 2.48. The summed E-state index contributed by atoms with van der Waals surface area (Å²) in [5.41, 5.74) is 0.937. The topological polar surface area (TPSA) is 78.4 Å². The highest BCUT2D eigenvalue weighted by Crippen LogP contribution is 2.20. The highest BCUT2D eigenvalue weighted by molar-refractivity contribution is 7.89. The molecule has 5 nitrogen and oxygen atoms in total. The van der Waals surface area contributed by atoms with Crippen molar-refractivity contribution in [2.45, 2.75) is 11.4 Å². The van der Waals surface area contributed by atoms with Crippen molar-refractivity contribution in [2.24, 2.45) is 0 Å². The first kappa shape index (κ1) is 15.3. The Bertz CT molecular complexity index is 748. The van der Waals surface area contributed by atoms with Gasteiger partial charge in [0.15, 0.2) is 0 Å². The van der Waals surface area contributed by atoms with Crippen molar-refractivity contribution < 1.29 is 17.9 Å². The molecule has 21 heavy (non-hydrogen) atoms. The predicted molar refractivity (Wildman–Crippen MR) is 78.1 cm³/mol. The summed E-state index contributed by atoms with van der Waals surface area (Å²) in [6.07, 6.45) is 0. The van der Waals surface area contributed by atoms with Gasteiger partial charge in [0.05, 0.1) is 4.90 Å². The molecule has 0 atom stereocenters. The van der Waals surface area contributed by atoms with Gasteiger partial charge in [-0.2, -0.15) is 0 Å². The summed E-state index contributed by atoms with van der Waals surface area (Å²) in [5, 5.41) is 12.6. The number of nitrogens with one attached hydrogen (secondary N) is 2. The molecule has 0 heterocycles. The second-order valence-corrected chi connectivity index (χ2v) is 6.25. The van der Waals surface area contributed by atoms with E-state index in [9.17, 15) is 17.9 Å². The molecule has 3 N–H and O–H groups in total. The van der Waals surface area contributed by atoms with Crippen LogP contribution in [0.25, 0.3) is 0 Å². The number of aromatic hydroxyl groups is 1. The largest absolute Gasteiger partial charge is 0.508 e. The van der Waals surface area contributed by atoms with Gasteiger partial charge in [0.25, 0.3) is 0 Å². The molecular formula is C14H15FN2O3S. The average molecular weight is 310 g/mol. The lowest BCUT2D eigenvalue weighted by Gasteiger charge is -2.10. The van der Waals surface area contributed by atoms with E-state index in [1.807, 2.05) is 0 Å². The van der Waals surface area contributed by atoms with Crippen LogP contribution in [0, 0.1) is 5.82 Å². The van der Waals surface area contributed by atoms with Crippen molar-refractivity contribution in [2.75, 3.05) is 12.4 Å². The van der Waals surface area contributed by atoms with Crippen molar-refractivity contribution in [1.82, 2.24) is 4.72 Å². The van der Waals surface area contributed by atoms with E-state index in [2.05, 4.69) is 10.0 Å². The summed E-state index contributed by atoms with van der Waals surface area (Å²) in [6.45, 7) is 0.173. The zero-order chi connectivity index (χ0) is 15.5. The van der Waals surface area contributed by atoms with Gasteiger partial charge in [-0.15, -0.1) is 0 Å². The Labute approximate surface area is 122 Å².